The summed E-state index contributed by atoms with van der Waals surface area (Å²) in [5, 5.41) is 9.61. The van der Waals surface area contributed by atoms with Gasteiger partial charge < -0.3 is 5.11 Å². The van der Waals surface area contributed by atoms with Crippen molar-refractivity contribution >= 4 is 0 Å². The first-order valence-electron chi connectivity index (χ1n) is 4.90. The fourth-order valence-corrected chi connectivity index (χ4v) is 1.57. The minimum absolute atomic E-state index is 0.110. The van der Waals surface area contributed by atoms with Crippen molar-refractivity contribution in [3.63, 3.8) is 0 Å². The molecule has 82 valence electrons. The number of hydrogen-bond donors (Lipinski definition) is 1. The third kappa shape index (κ3) is 2.31. The van der Waals surface area contributed by atoms with Crippen molar-refractivity contribution in [3.05, 3.63) is 35.1 Å². The van der Waals surface area contributed by atoms with Crippen LogP contribution in [0.2, 0.25) is 0 Å². The van der Waals surface area contributed by atoms with Gasteiger partial charge in [-0.15, -0.1) is 0 Å². The zero-order chi connectivity index (χ0) is 11.0. The summed E-state index contributed by atoms with van der Waals surface area (Å²) in [5.41, 5.74) is 0.110. The van der Waals surface area contributed by atoms with Gasteiger partial charge >= 0.3 is 0 Å². The Hall–Kier alpha value is -1.03. The smallest absolute Gasteiger partial charge is 0.194 e. The number of rotatable bonds is 3. The van der Waals surface area contributed by atoms with E-state index in [2.05, 4.69) is 0 Å². The van der Waals surface area contributed by atoms with Gasteiger partial charge in [-0.1, -0.05) is 12.8 Å². The van der Waals surface area contributed by atoms with Gasteiger partial charge in [-0.05, 0) is 30.0 Å². The summed E-state index contributed by atoms with van der Waals surface area (Å²) in [4.78, 5) is 0. The summed E-state index contributed by atoms with van der Waals surface area (Å²) < 4.78 is 38.3. The van der Waals surface area contributed by atoms with Crippen molar-refractivity contribution in [3.8, 4) is 0 Å². The second-order valence-electron chi connectivity index (χ2n) is 3.99. The maximum absolute atomic E-state index is 12.8. The van der Waals surface area contributed by atoms with Gasteiger partial charge in [-0.2, -0.15) is 0 Å². The molecular formula is C11H11F3O. The molecule has 0 spiro atoms. The zero-order valence-corrected chi connectivity index (χ0v) is 8.01. The molecule has 1 aromatic carbocycles. The second-order valence-corrected chi connectivity index (χ2v) is 3.99. The molecule has 2 rings (SSSR count). The van der Waals surface area contributed by atoms with Crippen molar-refractivity contribution < 1.29 is 18.3 Å². The molecular weight excluding hydrogens is 205 g/mol. The predicted molar refractivity (Wildman–Crippen MR) is 48.6 cm³/mol. The van der Waals surface area contributed by atoms with Crippen LogP contribution < -0.4 is 0 Å². The van der Waals surface area contributed by atoms with E-state index < -0.39 is 23.6 Å². The van der Waals surface area contributed by atoms with E-state index in [0.717, 1.165) is 25.0 Å². The van der Waals surface area contributed by atoms with Crippen LogP contribution in [0.5, 0.6) is 0 Å². The molecule has 0 aromatic heterocycles. The van der Waals surface area contributed by atoms with Crippen LogP contribution >= 0.6 is 0 Å². The molecule has 1 N–H and O–H groups in total. The van der Waals surface area contributed by atoms with E-state index in [1.54, 1.807) is 0 Å². The molecule has 0 radical (unpaired) electrons. The highest BCUT2D eigenvalue weighted by molar-refractivity contribution is 5.21. The van der Waals surface area contributed by atoms with Crippen LogP contribution in [0.25, 0.3) is 0 Å². The maximum atomic E-state index is 12.8. The highest BCUT2D eigenvalue weighted by atomic mass is 19.2. The number of benzene rings is 1. The van der Waals surface area contributed by atoms with Gasteiger partial charge in [0.25, 0.3) is 0 Å². The van der Waals surface area contributed by atoms with Crippen LogP contribution in [0.15, 0.2) is 12.1 Å². The van der Waals surface area contributed by atoms with E-state index in [9.17, 15) is 18.3 Å². The van der Waals surface area contributed by atoms with Crippen LogP contribution in [0.1, 0.15) is 30.9 Å². The lowest BCUT2D eigenvalue weighted by Crippen LogP contribution is -2.02. The minimum Gasteiger partial charge on any atom is -0.388 e. The Morgan fingerprint density at radius 1 is 1.20 bits per heavy atom. The summed E-state index contributed by atoms with van der Waals surface area (Å²) >= 11 is 0. The van der Waals surface area contributed by atoms with Crippen molar-refractivity contribution in [1.29, 1.82) is 0 Å². The number of aliphatic hydroxyl groups is 1. The topological polar surface area (TPSA) is 20.2 Å². The van der Waals surface area contributed by atoms with Crippen LogP contribution in [0.4, 0.5) is 13.2 Å². The zero-order valence-electron chi connectivity index (χ0n) is 8.01. The lowest BCUT2D eigenvalue weighted by Gasteiger charge is -2.10. The van der Waals surface area contributed by atoms with E-state index >= 15 is 0 Å². The van der Waals surface area contributed by atoms with Crippen LogP contribution in [-0.4, -0.2) is 5.11 Å². The molecule has 1 atom stereocenters. The number of aliphatic hydroxyl groups excluding tert-OH is 1. The summed E-state index contributed by atoms with van der Waals surface area (Å²) in [5.74, 6) is -3.55. The Kier molecular flexibility index (Phi) is 2.69. The minimum atomic E-state index is -1.49. The van der Waals surface area contributed by atoms with Crippen molar-refractivity contribution in [1.82, 2.24) is 0 Å². The highest BCUT2D eigenvalue weighted by Gasteiger charge is 2.26. The average Bonchev–Trinajstić information content (AvgIpc) is 2.97. The molecule has 1 aliphatic rings. The molecule has 0 aliphatic heterocycles. The van der Waals surface area contributed by atoms with Crippen LogP contribution in [-0.2, 0) is 0 Å². The van der Waals surface area contributed by atoms with Gasteiger partial charge in [0.2, 0.25) is 0 Å². The second kappa shape index (κ2) is 3.85. The Bertz CT molecular complexity index is 351. The van der Waals surface area contributed by atoms with Crippen LogP contribution in [0, 0.1) is 23.4 Å². The quantitative estimate of drug-likeness (QED) is 0.770. The molecule has 1 aromatic rings. The summed E-state index contributed by atoms with van der Waals surface area (Å²) in [6, 6.07) is 1.71. The number of halogens is 3. The normalized spacial score (nSPS) is 17.9. The first-order valence-corrected chi connectivity index (χ1v) is 4.90. The molecule has 1 nitrogen and oxygen atoms in total. The summed E-state index contributed by atoms with van der Waals surface area (Å²) in [6.07, 6.45) is 1.68. The van der Waals surface area contributed by atoms with E-state index in [4.69, 9.17) is 0 Å². The first-order chi connectivity index (χ1) is 7.08. The molecule has 0 saturated heterocycles. The molecule has 0 heterocycles. The van der Waals surface area contributed by atoms with Gasteiger partial charge in [-0.25, -0.2) is 13.2 Å². The molecule has 1 saturated carbocycles. The lowest BCUT2D eigenvalue weighted by molar-refractivity contribution is 0.159. The third-order valence-electron chi connectivity index (χ3n) is 2.64. The molecule has 0 amide bonds. The molecule has 1 aliphatic carbocycles. The summed E-state index contributed by atoms with van der Waals surface area (Å²) in [6.45, 7) is 0. The first kappa shape index (κ1) is 10.5. The molecule has 15 heavy (non-hydrogen) atoms. The molecule has 0 bridgehead atoms. The van der Waals surface area contributed by atoms with Crippen LogP contribution in [0.3, 0.4) is 0 Å². The Labute approximate surface area is 85.5 Å². The fraction of sp³-hybridized carbons (Fsp3) is 0.455. The Morgan fingerprint density at radius 3 is 2.20 bits per heavy atom. The SMILES string of the molecule is OC(CC1CC1)c1cc(F)c(F)c(F)c1. The van der Waals surface area contributed by atoms with E-state index in [0.29, 0.717) is 12.3 Å². The molecule has 1 fully saturated rings. The van der Waals surface area contributed by atoms with Gasteiger partial charge in [0, 0.05) is 0 Å². The van der Waals surface area contributed by atoms with Gasteiger partial charge in [-0.3, -0.25) is 0 Å². The fourth-order valence-electron chi connectivity index (χ4n) is 1.57. The standard InChI is InChI=1S/C11H11F3O/c12-8-4-7(5-9(13)11(8)14)10(15)3-6-1-2-6/h4-6,10,15H,1-3H2. The van der Waals surface area contributed by atoms with E-state index in [1.165, 1.54) is 0 Å². The van der Waals surface area contributed by atoms with Crippen molar-refractivity contribution in [2.24, 2.45) is 5.92 Å². The highest BCUT2D eigenvalue weighted by Crippen LogP contribution is 2.37. The van der Waals surface area contributed by atoms with Gasteiger partial charge in [0.05, 0.1) is 6.10 Å². The van der Waals surface area contributed by atoms with Crippen molar-refractivity contribution in [2.45, 2.75) is 25.4 Å². The third-order valence-corrected chi connectivity index (χ3v) is 2.64. The monoisotopic (exact) mass is 216 g/mol. The molecule has 4 heteroatoms. The lowest BCUT2D eigenvalue weighted by atomic mass is 10.0. The average molecular weight is 216 g/mol. The van der Waals surface area contributed by atoms with E-state index in [-0.39, 0.29) is 5.56 Å². The Morgan fingerprint density at radius 2 is 1.73 bits per heavy atom. The molecule has 1 unspecified atom stereocenters. The predicted octanol–water partition coefficient (Wildman–Crippen LogP) is 2.94. The number of hydrogen-bond acceptors (Lipinski definition) is 1. The van der Waals surface area contributed by atoms with Gasteiger partial charge in [0.15, 0.2) is 17.5 Å². The van der Waals surface area contributed by atoms with E-state index in [1.807, 2.05) is 0 Å². The summed E-state index contributed by atoms with van der Waals surface area (Å²) in [7, 11) is 0. The largest absolute Gasteiger partial charge is 0.388 e. The maximum Gasteiger partial charge on any atom is 0.194 e. The van der Waals surface area contributed by atoms with Crippen molar-refractivity contribution in [2.75, 3.05) is 0 Å². The Balaban J connectivity index is 2.19. The van der Waals surface area contributed by atoms with Gasteiger partial charge in [0.1, 0.15) is 0 Å².